The van der Waals surface area contributed by atoms with Gasteiger partial charge in [0.2, 0.25) is 5.91 Å². The van der Waals surface area contributed by atoms with E-state index in [9.17, 15) is 18.0 Å². The molecule has 0 unspecified atom stereocenters. The van der Waals surface area contributed by atoms with Gasteiger partial charge in [-0.15, -0.1) is 0 Å². The number of hydrazine groups is 1. The Balaban J connectivity index is 1.63. The van der Waals surface area contributed by atoms with Crippen LogP contribution in [-0.2, 0) is 11.0 Å². The molecule has 0 aliphatic heterocycles. The minimum Gasteiger partial charge on any atom is -0.348 e. The van der Waals surface area contributed by atoms with Gasteiger partial charge in [-0.25, -0.2) is 4.98 Å². The van der Waals surface area contributed by atoms with Crippen LogP contribution in [0.2, 0.25) is 0 Å². The Morgan fingerprint density at radius 3 is 2.83 bits per heavy atom. The van der Waals surface area contributed by atoms with Crippen molar-refractivity contribution in [2.45, 2.75) is 18.5 Å². The molecule has 0 bridgehead atoms. The zero-order valence-corrected chi connectivity index (χ0v) is 12.2. The van der Waals surface area contributed by atoms with Gasteiger partial charge in [0, 0.05) is 23.7 Å². The summed E-state index contributed by atoms with van der Waals surface area (Å²) >= 11 is 0. The first-order valence-corrected chi connectivity index (χ1v) is 7.05. The van der Waals surface area contributed by atoms with Crippen molar-refractivity contribution in [3.05, 3.63) is 47.5 Å². The number of hydrogen-bond donors (Lipinski definition) is 3. The van der Waals surface area contributed by atoms with Crippen LogP contribution in [0.4, 0.5) is 18.9 Å². The van der Waals surface area contributed by atoms with Crippen LogP contribution < -0.4 is 10.9 Å². The van der Waals surface area contributed by atoms with Crippen molar-refractivity contribution >= 4 is 11.6 Å². The Kier molecular flexibility index (Phi) is 3.89. The number of nitrogens with one attached hydrogen (secondary N) is 3. The molecule has 24 heavy (non-hydrogen) atoms. The van der Waals surface area contributed by atoms with Crippen molar-refractivity contribution in [1.82, 2.24) is 15.4 Å². The molecule has 1 heterocycles. The minimum absolute atomic E-state index is 0.0426. The summed E-state index contributed by atoms with van der Waals surface area (Å²) < 4.78 is 38.7. The van der Waals surface area contributed by atoms with Crippen molar-refractivity contribution in [2.24, 2.45) is 5.92 Å². The Bertz CT molecular complexity index is 794. The van der Waals surface area contributed by atoms with E-state index in [-0.39, 0.29) is 23.4 Å². The molecular formula is C15H12F3N5O. The summed E-state index contributed by atoms with van der Waals surface area (Å²) in [7, 11) is 0. The number of amides is 1. The van der Waals surface area contributed by atoms with Gasteiger partial charge in [-0.05, 0) is 24.6 Å². The van der Waals surface area contributed by atoms with E-state index in [4.69, 9.17) is 5.26 Å². The predicted molar refractivity (Wildman–Crippen MR) is 77.4 cm³/mol. The first-order chi connectivity index (χ1) is 11.4. The molecule has 1 fully saturated rings. The third kappa shape index (κ3) is 3.17. The maximum Gasteiger partial charge on any atom is 0.417 e. The van der Waals surface area contributed by atoms with E-state index in [2.05, 4.69) is 20.8 Å². The lowest BCUT2D eigenvalue weighted by atomic mass is 10.1. The summed E-state index contributed by atoms with van der Waals surface area (Å²) in [5.74, 6) is -0.521. The number of hydrogen-bond acceptors (Lipinski definition) is 4. The number of nitriles is 1. The largest absolute Gasteiger partial charge is 0.417 e. The fourth-order valence-electron chi connectivity index (χ4n) is 2.48. The third-order valence-electron chi connectivity index (χ3n) is 3.82. The van der Waals surface area contributed by atoms with E-state index < -0.39 is 17.3 Å². The van der Waals surface area contributed by atoms with Gasteiger partial charge in [-0.1, -0.05) is 0 Å². The molecule has 9 heteroatoms. The average molecular weight is 335 g/mol. The lowest BCUT2D eigenvalue weighted by Gasteiger charge is -2.13. The zero-order valence-electron chi connectivity index (χ0n) is 12.2. The smallest absolute Gasteiger partial charge is 0.348 e. The summed E-state index contributed by atoms with van der Waals surface area (Å²) in [6, 6.07) is 4.65. The molecule has 1 aromatic carbocycles. The molecule has 2 aromatic rings. The van der Waals surface area contributed by atoms with Crippen LogP contribution in [0.5, 0.6) is 0 Å². The lowest BCUT2D eigenvalue weighted by molar-refractivity contribution is -0.137. The number of carbonyl (C=O) groups excluding carboxylic acids is 1. The maximum absolute atomic E-state index is 12.9. The number of benzene rings is 1. The Morgan fingerprint density at radius 1 is 1.42 bits per heavy atom. The first kappa shape index (κ1) is 15.9. The van der Waals surface area contributed by atoms with Gasteiger partial charge in [-0.3, -0.25) is 15.6 Å². The normalized spacial score (nSPS) is 19.4. The molecule has 0 spiro atoms. The van der Waals surface area contributed by atoms with Crippen molar-refractivity contribution in [2.75, 3.05) is 5.43 Å². The SMILES string of the molecule is N#Cc1ccc(NNC(=O)[C@@H]2C[C@H]2c2cnc[nH]2)cc1C(F)(F)F. The molecular weight excluding hydrogens is 323 g/mol. The molecule has 1 amide bonds. The Hall–Kier alpha value is -3.02. The molecule has 3 N–H and O–H groups in total. The molecule has 0 saturated heterocycles. The van der Waals surface area contributed by atoms with E-state index in [1.54, 1.807) is 6.20 Å². The van der Waals surface area contributed by atoms with Crippen molar-refractivity contribution in [3.8, 4) is 6.07 Å². The third-order valence-corrected chi connectivity index (χ3v) is 3.82. The first-order valence-electron chi connectivity index (χ1n) is 7.05. The van der Waals surface area contributed by atoms with Crippen LogP contribution in [-0.4, -0.2) is 15.9 Å². The van der Waals surface area contributed by atoms with Crippen molar-refractivity contribution < 1.29 is 18.0 Å². The van der Waals surface area contributed by atoms with Crippen LogP contribution >= 0.6 is 0 Å². The highest BCUT2D eigenvalue weighted by molar-refractivity contribution is 5.83. The Labute approximate surface area is 134 Å². The van der Waals surface area contributed by atoms with Crippen LogP contribution in [0, 0.1) is 17.2 Å². The number of alkyl halides is 3. The summed E-state index contributed by atoms with van der Waals surface area (Å²) in [5.41, 5.74) is 4.24. The number of aromatic nitrogens is 2. The number of carbonyl (C=O) groups is 1. The van der Waals surface area contributed by atoms with Crippen LogP contribution in [0.15, 0.2) is 30.7 Å². The number of halogens is 3. The van der Waals surface area contributed by atoms with Crippen LogP contribution in [0.3, 0.4) is 0 Å². The van der Waals surface area contributed by atoms with E-state index in [0.29, 0.717) is 6.42 Å². The lowest BCUT2D eigenvalue weighted by Crippen LogP contribution is -2.31. The standard InChI is InChI=1S/C15H12F3N5O/c16-15(17,18)12-3-9(2-1-8(12)5-19)22-23-14(24)11-4-10(11)13-6-20-7-21-13/h1-3,6-7,10-11,22H,4H2,(H,20,21)(H,23,24)/t10-,11-/m1/s1. The van der Waals surface area contributed by atoms with E-state index in [1.807, 2.05) is 0 Å². The van der Waals surface area contributed by atoms with E-state index >= 15 is 0 Å². The molecule has 6 nitrogen and oxygen atoms in total. The van der Waals surface area contributed by atoms with Crippen LogP contribution in [0.1, 0.15) is 29.2 Å². The van der Waals surface area contributed by atoms with Gasteiger partial charge in [-0.2, -0.15) is 18.4 Å². The predicted octanol–water partition coefficient (Wildman–Crippen LogP) is 2.55. The van der Waals surface area contributed by atoms with Gasteiger partial charge in [0.15, 0.2) is 0 Å². The number of aromatic amines is 1. The highest BCUT2D eigenvalue weighted by Crippen LogP contribution is 2.46. The second kappa shape index (κ2) is 5.88. The number of anilines is 1. The van der Waals surface area contributed by atoms with Crippen LogP contribution in [0.25, 0.3) is 0 Å². The topological polar surface area (TPSA) is 93.6 Å². The van der Waals surface area contributed by atoms with Gasteiger partial charge < -0.3 is 4.98 Å². The maximum atomic E-state index is 12.9. The Morgan fingerprint density at radius 2 is 2.21 bits per heavy atom. The molecule has 0 radical (unpaired) electrons. The summed E-state index contributed by atoms with van der Waals surface area (Å²) in [6.07, 6.45) is -0.830. The second-order valence-corrected chi connectivity index (χ2v) is 5.44. The van der Waals surface area contributed by atoms with E-state index in [1.165, 1.54) is 18.5 Å². The van der Waals surface area contributed by atoms with Crippen molar-refractivity contribution in [1.29, 1.82) is 5.26 Å². The molecule has 2 atom stereocenters. The fourth-order valence-corrected chi connectivity index (χ4v) is 2.48. The van der Waals surface area contributed by atoms with Gasteiger partial charge >= 0.3 is 6.18 Å². The highest BCUT2D eigenvalue weighted by Gasteiger charge is 2.45. The number of rotatable bonds is 4. The molecule has 1 aromatic heterocycles. The summed E-state index contributed by atoms with van der Waals surface area (Å²) in [5, 5.41) is 8.74. The number of nitrogens with zero attached hydrogens (tertiary/aromatic N) is 2. The molecule has 3 rings (SSSR count). The average Bonchev–Trinajstić information content (AvgIpc) is 3.17. The second-order valence-electron chi connectivity index (χ2n) is 5.44. The molecule has 1 aliphatic carbocycles. The monoisotopic (exact) mass is 335 g/mol. The van der Waals surface area contributed by atoms with Gasteiger partial charge in [0.25, 0.3) is 0 Å². The summed E-state index contributed by atoms with van der Waals surface area (Å²) in [4.78, 5) is 18.8. The highest BCUT2D eigenvalue weighted by atomic mass is 19.4. The van der Waals surface area contributed by atoms with Gasteiger partial charge in [0.05, 0.1) is 29.2 Å². The molecule has 124 valence electrons. The quantitative estimate of drug-likeness (QED) is 0.749. The van der Waals surface area contributed by atoms with Gasteiger partial charge in [0.1, 0.15) is 0 Å². The fraction of sp³-hybridized carbons (Fsp3) is 0.267. The molecule has 1 aliphatic rings. The zero-order chi connectivity index (χ0) is 17.3. The van der Waals surface area contributed by atoms with E-state index in [0.717, 1.165) is 17.8 Å². The summed E-state index contributed by atoms with van der Waals surface area (Å²) in [6.45, 7) is 0. The van der Waals surface area contributed by atoms with Crippen molar-refractivity contribution in [3.63, 3.8) is 0 Å². The number of H-pyrrole nitrogens is 1. The molecule has 1 saturated carbocycles. The minimum atomic E-state index is -4.64. The number of imidazole rings is 1.